The number of imidazole rings is 1. The molecule has 3 amide bonds. The van der Waals surface area contributed by atoms with Crippen molar-refractivity contribution < 1.29 is 24.3 Å². The number of carboxylic acids is 1. The predicted molar refractivity (Wildman–Crippen MR) is 115 cm³/mol. The molecule has 0 aliphatic carbocycles. The fourth-order valence-corrected chi connectivity index (χ4v) is 3.68. The molecule has 12 nitrogen and oxygen atoms in total. The fraction of sp³-hybridized carbons (Fsp3) is 0.650. The molecule has 1 fully saturated rings. The summed E-state index contributed by atoms with van der Waals surface area (Å²) < 4.78 is 0. The van der Waals surface area contributed by atoms with E-state index in [1.54, 1.807) is 6.20 Å². The third-order valence-corrected chi connectivity index (χ3v) is 5.46. The van der Waals surface area contributed by atoms with Crippen molar-refractivity contribution in [1.82, 2.24) is 25.5 Å². The minimum absolute atomic E-state index is 0.238. The summed E-state index contributed by atoms with van der Waals surface area (Å²) in [5, 5.41) is 14.5. The minimum atomic E-state index is -1.13. The molecule has 0 saturated carbocycles. The van der Waals surface area contributed by atoms with Gasteiger partial charge >= 0.3 is 5.97 Å². The van der Waals surface area contributed by atoms with Crippen molar-refractivity contribution in [2.75, 3.05) is 13.1 Å². The van der Waals surface area contributed by atoms with Crippen molar-refractivity contribution in [3.8, 4) is 0 Å². The molecule has 0 bridgehead atoms. The maximum Gasteiger partial charge on any atom is 0.326 e. The van der Waals surface area contributed by atoms with E-state index in [-0.39, 0.29) is 12.8 Å². The van der Waals surface area contributed by atoms with E-state index in [4.69, 9.17) is 11.5 Å². The van der Waals surface area contributed by atoms with Gasteiger partial charge in [0.1, 0.15) is 18.1 Å². The summed E-state index contributed by atoms with van der Waals surface area (Å²) in [7, 11) is 0. The Bertz CT molecular complexity index is 785. The van der Waals surface area contributed by atoms with Crippen molar-refractivity contribution in [3.05, 3.63) is 18.2 Å². The van der Waals surface area contributed by atoms with Gasteiger partial charge in [-0.1, -0.05) is 0 Å². The van der Waals surface area contributed by atoms with Crippen molar-refractivity contribution in [2.24, 2.45) is 11.5 Å². The zero-order valence-electron chi connectivity index (χ0n) is 18.3. The van der Waals surface area contributed by atoms with Crippen LogP contribution in [0.25, 0.3) is 0 Å². The van der Waals surface area contributed by atoms with Gasteiger partial charge in [-0.2, -0.15) is 0 Å². The van der Waals surface area contributed by atoms with Crippen molar-refractivity contribution in [3.63, 3.8) is 0 Å². The Balaban J connectivity index is 1.92. The molecule has 0 aromatic carbocycles. The van der Waals surface area contributed by atoms with Gasteiger partial charge in [0.25, 0.3) is 0 Å². The van der Waals surface area contributed by atoms with Crippen LogP contribution in [-0.4, -0.2) is 80.9 Å². The van der Waals surface area contributed by atoms with Crippen LogP contribution in [0.4, 0.5) is 0 Å². The molecule has 4 atom stereocenters. The smallest absolute Gasteiger partial charge is 0.326 e. The van der Waals surface area contributed by atoms with Gasteiger partial charge in [-0.25, -0.2) is 9.78 Å². The molecule has 1 aromatic heterocycles. The molecule has 12 heteroatoms. The largest absolute Gasteiger partial charge is 0.480 e. The van der Waals surface area contributed by atoms with Crippen LogP contribution in [-0.2, 0) is 25.6 Å². The number of H-pyrrole nitrogens is 1. The summed E-state index contributed by atoms with van der Waals surface area (Å²) in [5.74, 6) is -2.55. The maximum absolute atomic E-state index is 12.9. The van der Waals surface area contributed by atoms with Gasteiger partial charge in [-0.15, -0.1) is 0 Å². The number of rotatable bonds is 12. The van der Waals surface area contributed by atoms with Gasteiger partial charge in [0.05, 0.1) is 12.4 Å². The van der Waals surface area contributed by atoms with E-state index >= 15 is 0 Å². The molecular weight excluding hydrogens is 418 g/mol. The number of likely N-dealkylation sites (tertiary alicyclic amines) is 1. The second-order valence-corrected chi connectivity index (χ2v) is 7.99. The number of nitrogens with two attached hydrogens (primary N) is 2. The van der Waals surface area contributed by atoms with Crippen LogP contribution in [0.1, 0.15) is 44.7 Å². The second kappa shape index (κ2) is 12.2. The number of carbonyl (C=O) groups is 4. The number of hydrogen-bond acceptors (Lipinski definition) is 7. The first-order valence-electron chi connectivity index (χ1n) is 10.8. The van der Waals surface area contributed by atoms with Crippen LogP contribution in [0, 0.1) is 0 Å². The predicted octanol–water partition coefficient (Wildman–Crippen LogP) is -1.53. The monoisotopic (exact) mass is 451 g/mol. The number of unbranched alkanes of at least 4 members (excludes halogenated alkanes) is 1. The molecule has 2 heterocycles. The minimum Gasteiger partial charge on any atom is -0.480 e. The van der Waals surface area contributed by atoms with Gasteiger partial charge < -0.3 is 37.1 Å². The van der Waals surface area contributed by atoms with Gasteiger partial charge in [0.15, 0.2) is 0 Å². The van der Waals surface area contributed by atoms with Crippen LogP contribution in [0.5, 0.6) is 0 Å². The molecule has 1 aliphatic rings. The average Bonchev–Trinajstić information content (AvgIpc) is 3.44. The number of nitrogens with zero attached hydrogens (tertiary/aromatic N) is 2. The van der Waals surface area contributed by atoms with Gasteiger partial charge in [-0.05, 0) is 45.6 Å². The topological polar surface area (TPSA) is 197 Å². The second-order valence-electron chi connectivity index (χ2n) is 7.99. The molecule has 4 unspecified atom stereocenters. The third-order valence-electron chi connectivity index (χ3n) is 5.46. The highest BCUT2D eigenvalue weighted by Gasteiger charge is 2.37. The van der Waals surface area contributed by atoms with Gasteiger partial charge in [0, 0.05) is 24.9 Å². The van der Waals surface area contributed by atoms with Gasteiger partial charge in [0.2, 0.25) is 17.7 Å². The molecule has 178 valence electrons. The maximum atomic E-state index is 12.9. The molecular formula is C20H33N7O5. The molecule has 2 rings (SSSR count). The Kier molecular flexibility index (Phi) is 9.60. The zero-order chi connectivity index (χ0) is 23.7. The summed E-state index contributed by atoms with van der Waals surface area (Å²) >= 11 is 0. The van der Waals surface area contributed by atoms with E-state index < -0.39 is 47.9 Å². The highest BCUT2D eigenvalue weighted by Crippen LogP contribution is 2.19. The quantitative estimate of drug-likeness (QED) is 0.206. The first kappa shape index (κ1) is 25.3. The molecule has 1 aliphatic heterocycles. The van der Waals surface area contributed by atoms with Crippen LogP contribution in [0.15, 0.2) is 12.5 Å². The Hall–Kier alpha value is -2.99. The molecule has 0 spiro atoms. The number of carbonyl (C=O) groups excluding carboxylic acids is 3. The molecule has 8 N–H and O–H groups in total. The summed E-state index contributed by atoms with van der Waals surface area (Å²) in [6.07, 6.45) is 5.81. The third kappa shape index (κ3) is 7.02. The lowest BCUT2D eigenvalue weighted by Crippen LogP contribution is -2.56. The average molecular weight is 452 g/mol. The zero-order valence-corrected chi connectivity index (χ0v) is 18.3. The van der Waals surface area contributed by atoms with Crippen LogP contribution >= 0.6 is 0 Å². The number of hydrogen-bond donors (Lipinski definition) is 6. The Morgan fingerprint density at radius 1 is 1.31 bits per heavy atom. The van der Waals surface area contributed by atoms with Crippen molar-refractivity contribution >= 4 is 23.7 Å². The van der Waals surface area contributed by atoms with Crippen LogP contribution < -0.4 is 22.1 Å². The van der Waals surface area contributed by atoms with E-state index in [1.165, 1.54) is 18.2 Å². The van der Waals surface area contributed by atoms with Crippen molar-refractivity contribution in [2.45, 2.75) is 69.6 Å². The number of carboxylic acid groups (broad SMARTS) is 1. The summed E-state index contributed by atoms with van der Waals surface area (Å²) in [6.45, 7) is 2.33. The first-order valence-corrected chi connectivity index (χ1v) is 10.8. The van der Waals surface area contributed by atoms with Crippen molar-refractivity contribution in [1.29, 1.82) is 0 Å². The van der Waals surface area contributed by atoms with Crippen LogP contribution in [0.3, 0.4) is 0 Å². The number of aromatic amines is 1. The number of aromatic nitrogens is 2. The molecule has 0 radical (unpaired) electrons. The van der Waals surface area contributed by atoms with E-state index in [0.717, 1.165) is 0 Å². The van der Waals surface area contributed by atoms with E-state index in [2.05, 4.69) is 20.6 Å². The van der Waals surface area contributed by atoms with E-state index in [0.29, 0.717) is 44.5 Å². The molecule has 1 saturated heterocycles. The Labute approximate surface area is 186 Å². The first-order chi connectivity index (χ1) is 15.2. The van der Waals surface area contributed by atoms with Gasteiger partial charge in [-0.3, -0.25) is 14.4 Å². The summed E-state index contributed by atoms with van der Waals surface area (Å²) in [4.78, 5) is 57.6. The standard InChI is InChI=1S/C20H33N7O5/c1-12(25-17(28)14(22)9-13-10-23-11-24-13)19(30)27-8-4-6-16(27)18(29)26-15(20(31)32)5-2-3-7-21/h10-12,14-16H,2-9,21-22H2,1H3,(H,23,24)(H,25,28)(H,26,29)(H,31,32). The number of aliphatic carboxylic acids is 1. The highest BCUT2D eigenvalue weighted by molar-refractivity contribution is 5.94. The summed E-state index contributed by atoms with van der Waals surface area (Å²) in [6, 6.07) is -3.57. The lowest BCUT2D eigenvalue weighted by atomic mass is 10.1. The fourth-order valence-electron chi connectivity index (χ4n) is 3.68. The Morgan fingerprint density at radius 3 is 2.69 bits per heavy atom. The number of amides is 3. The normalized spacial score (nSPS) is 18.6. The number of nitrogens with one attached hydrogen (secondary N) is 3. The molecule has 32 heavy (non-hydrogen) atoms. The highest BCUT2D eigenvalue weighted by atomic mass is 16.4. The SMILES string of the molecule is CC(NC(=O)C(N)Cc1cnc[nH]1)C(=O)N1CCCC1C(=O)NC(CCCCN)C(=O)O. The molecule has 1 aromatic rings. The van der Waals surface area contributed by atoms with E-state index in [1.807, 2.05) is 0 Å². The van der Waals surface area contributed by atoms with Crippen LogP contribution in [0.2, 0.25) is 0 Å². The lowest BCUT2D eigenvalue weighted by molar-refractivity contribution is -0.144. The van der Waals surface area contributed by atoms with E-state index in [9.17, 15) is 24.3 Å². The Morgan fingerprint density at radius 2 is 2.06 bits per heavy atom. The summed E-state index contributed by atoms with van der Waals surface area (Å²) in [5.41, 5.74) is 12.0. The lowest BCUT2D eigenvalue weighted by Gasteiger charge is -2.28.